The Bertz CT molecular complexity index is 1510. The number of esters is 2. The molecule has 1 radical (unpaired) electrons. The van der Waals surface area contributed by atoms with E-state index in [4.69, 9.17) is 9.47 Å². The second kappa shape index (κ2) is 12.1. The Labute approximate surface area is 228 Å². The molecule has 0 heterocycles. The Balaban J connectivity index is 1.46. The lowest BCUT2D eigenvalue weighted by Crippen LogP contribution is -2.23. The summed E-state index contributed by atoms with van der Waals surface area (Å²) in [6.45, 7) is 2.05. The van der Waals surface area contributed by atoms with Crippen LogP contribution < -0.4 is 0 Å². The number of rotatable bonds is 8. The Morgan fingerprint density at radius 2 is 0.949 bits per heavy atom. The molecule has 0 aromatic heterocycles. The van der Waals surface area contributed by atoms with Gasteiger partial charge in [-0.05, 0) is 59.5 Å². The van der Waals surface area contributed by atoms with Gasteiger partial charge in [0.05, 0.1) is 11.1 Å². The van der Waals surface area contributed by atoms with E-state index in [1.165, 1.54) is 5.56 Å². The summed E-state index contributed by atoms with van der Waals surface area (Å²) >= 11 is 0. The van der Waals surface area contributed by atoms with Gasteiger partial charge in [-0.3, -0.25) is 0 Å². The fourth-order valence-electron chi connectivity index (χ4n) is 4.33. The Morgan fingerprint density at radius 3 is 1.41 bits per heavy atom. The predicted molar refractivity (Wildman–Crippen MR) is 151 cm³/mol. The average Bonchev–Trinajstić information content (AvgIpc) is 3.00. The zero-order chi connectivity index (χ0) is 27.0. The third-order valence-corrected chi connectivity index (χ3v) is 6.46. The molecule has 0 spiro atoms. The van der Waals surface area contributed by atoms with Crippen LogP contribution in [0.3, 0.4) is 0 Å². The molecule has 0 aliphatic heterocycles. The molecule has 2 unspecified atom stereocenters. The van der Waals surface area contributed by atoms with Crippen molar-refractivity contribution in [2.24, 2.45) is 0 Å². The van der Waals surface area contributed by atoms with Crippen LogP contribution in [0.2, 0.25) is 0 Å². The van der Waals surface area contributed by atoms with E-state index in [0.29, 0.717) is 22.3 Å². The van der Waals surface area contributed by atoms with Gasteiger partial charge in [0.15, 0.2) is 12.2 Å². The van der Waals surface area contributed by atoms with Gasteiger partial charge >= 0.3 is 11.9 Å². The number of ether oxygens (including phenoxy) is 2. The summed E-state index contributed by atoms with van der Waals surface area (Å²) in [7, 11) is 0. The highest BCUT2D eigenvalue weighted by molar-refractivity contribution is 5.91. The highest BCUT2D eigenvalue weighted by Crippen LogP contribution is 2.37. The molecule has 4 heteroatoms. The first-order valence-electron chi connectivity index (χ1n) is 12.7. The number of aryl methyl sites for hydroxylation is 1. The van der Waals surface area contributed by atoms with Crippen molar-refractivity contribution in [2.75, 3.05) is 0 Å². The lowest BCUT2D eigenvalue weighted by molar-refractivity contribution is -0.0388. The van der Waals surface area contributed by atoms with Gasteiger partial charge < -0.3 is 9.47 Å². The van der Waals surface area contributed by atoms with Crippen LogP contribution in [-0.2, 0) is 9.47 Å². The molecule has 0 bridgehead atoms. The van der Waals surface area contributed by atoms with E-state index >= 15 is 0 Å². The van der Waals surface area contributed by atoms with Gasteiger partial charge in [-0.2, -0.15) is 0 Å². The van der Waals surface area contributed by atoms with Crippen molar-refractivity contribution in [3.05, 3.63) is 167 Å². The van der Waals surface area contributed by atoms with Crippen molar-refractivity contribution in [2.45, 2.75) is 19.1 Å². The van der Waals surface area contributed by atoms with Crippen LogP contribution in [0.25, 0.3) is 11.1 Å². The average molecular weight is 512 g/mol. The topological polar surface area (TPSA) is 52.6 Å². The minimum absolute atomic E-state index is 0.388. The van der Waals surface area contributed by atoms with E-state index in [2.05, 4.69) is 30.3 Å². The van der Waals surface area contributed by atoms with Gasteiger partial charge in [0, 0.05) is 0 Å². The van der Waals surface area contributed by atoms with Crippen LogP contribution in [0.4, 0.5) is 0 Å². The Hall–Kier alpha value is -4.96. The molecule has 0 amide bonds. The molecule has 2 atom stereocenters. The molecular weight excluding hydrogens is 484 g/mol. The van der Waals surface area contributed by atoms with Gasteiger partial charge in [0.1, 0.15) is 0 Å². The lowest BCUT2D eigenvalue weighted by Gasteiger charge is -2.28. The zero-order valence-electron chi connectivity index (χ0n) is 21.5. The van der Waals surface area contributed by atoms with Crippen molar-refractivity contribution < 1.29 is 19.1 Å². The first-order valence-corrected chi connectivity index (χ1v) is 12.7. The predicted octanol–water partition coefficient (Wildman–Crippen LogP) is 7.96. The minimum Gasteiger partial charge on any atom is -0.450 e. The number of benzene rings is 5. The maximum Gasteiger partial charge on any atom is 0.338 e. The molecule has 0 saturated carbocycles. The van der Waals surface area contributed by atoms with E-state index in [1.807, 2.05) is 79.7 Å². The normalized spacial score (nSPS) is 12.2. The molecular formula is C35H27O4. The molecule has 0 aliphatic carbocycles. The fourth-order valence-corrected chi connectivity index (χ4v) is 4.33. The quantitative estimate of drug-likeness (QED) is 0.198. The molecule has 5 aromatic carbocycles. The Morgan fingerprint density at radius 1 is 0.538 bits per heavy atom. The molecule has 4 nitrogen and oxygen atoms in total. The fraction of sp³-hybridized carbons (Fsp3) is 0.0857. The lowest BCUT2D eigenvalue weighted by atomic mass is 9.97. The van der Waals surface area contributed by atoms with Gasteiger partial charge in [-0.15, -0.1) is 0 Å². The molecule has 0 saturated heterocycles. The van der Waals surface area contributed by atoms with E-state index in [1.54, 1.807) is 36.4 Å². The van der Waals surface area contributed by atoms with Crippen molar-refractivity contribution in [3.63, 3.8) is 0 Å². The molecule has 5 rings (SSSR count). The molecule has 5 aromatic rings. The summed E-state index contributed by atoms with van der Waals surface area (Å²) < 4.78 is 12.1. The van der Waals surface area contributed by atoms with Crippen LogP contribution in [0.1, 0.15) is 49.6 Å². The molecule has 39 heavy (non-hydrogen) atoms. The number of hydrogen-bond donors (Lipinski definition) is 0. The van der Waals surface area contributed by atoms with E-state index in [-0.39, 0.29) is 0 Å². The minimum atomic E-state index is -0.878. The van der Waals surface area contributed by atoms with Crippen LogP contribution in [0, 0.1) is 13.0 Å². The first-order chi connectivity index (χ1) is 19.1. The summed E-state index contributed by atoms with van der Waals surface area (Å²) in [5.74, 6) is -1.03. The highest BCUT2D eigenvalue weighted by atomic mass is 16.6. The van der Waals surface area contributed by atoms with Crippen molar-refractivity contribution in [1.29, 1.82) is 0 Å². The van der Waals surface area contributed by atoms with Crippen LogP contribution in [-0.4, -0.2) is 11.9 Å². The van der Waals surface area contributed by atoms with Crippen molar-refractivity contribution in [3.8, 4) is 11.1 Å². The summed E-state index contributed by atoms with van der Waals surface area (Å²) in [5.41, 5.74) is 5.47. The zero-order valence-corrected chi connectivity index (χ0v) is 21.5. The number of hydrogen-bond acceptors (Lipinski definition) is 4. The first kappa shape index (κ1) is 25.7. The van der Waals surface area contributed by atoms with Gasteiger partial charge in [-0.25, -0.2) is 9.59 Å². The molecule has 0 N–H and O–H groups in total. The van der Waals surface area contributed by atoms with Crippen LogP contribution in [0.5, 0.6) is 0 Å². The van der Waals surface area contributed by atoms with E-state index in [0.717, 1.165) is 11.1 Å². The maximum atomic E-state index is 13.4. The monoisotopic (exact) mass is 511 g/mol. The summed E-state index contributed by atoms with van der Waals surface area (Å²) in [6.07, 6.45) is -1.75. The van der Waals surface area contributed by atoms with Gasteiger partial charge in [-0.1, -0.05) is 115 Å². The number of carbonyl (C=O) groups is 2. The SMILES string of the molecule is Cc1ccc(-c2ccc(C(=O)OC(c3ccccc3)C(OC(=O)c3cc[c]cc3)c3ccccc3)cc2)cc1. The third kappa shape index (κ3) is 6.31. The summed E-state index contributed by atoms with van der Waals surface area (Å²) in [5, 5.41) is 0. The smallest absolute Gasteiger partial charge is 0.338 e. The number of carbonyl (C=O) groups excluding carboxylic acids is 2. The van der Waals surface area contributed by atoms with Crippen molar-refractivity contribution in [1.82, 2.24) is 0 Å². The second-order valence-electron chi connectivity index (χ2n) is 9.21. The second-order valence-corrected chi connectivity index (χ2v) is 9.21. The molecule has 0 fully saturated rings. The van der Waals surface area contributed by atoms with Gasteiger partial charge in [0.25, 0.3) is 0 Å². The summed E-state index contributed by atoms with van der Waals surface area (Å²) in [6, 6.07) is 43.7. The largest absolute Gasteiger partial charge is 0.450 e. The summed E-state index contributed by atoms with van der Waals surface area (Å²) in [4.78, 5) is 26.6. The van der Waals surface area contributed by atoms with E-state index < -0.39 is 24.1 Å². The van der Waals surface area contributed by atoms with Crippen LogP contribution in [0.15, 0.2) is 133 Å². The Kier molecular flexibility index (Phi) is 7.94. The van der Waals surface area contributed by atoms with E-state index in [9.17, 15) is 9.59 Å². The molecule has 0 aliphatic rings. The molecule has 191 valence electrons. The standard InChI is InChI=1S/C35H27O4/c1-25-17-19-26(20-18-25)27-21-23-31(24-22-27)35(37)39-33(29-13-7-3-8-14-29)32(28-11-5-2-6-12-28)38-34(36)30-15-9-4-10-16-30/h2-3,5-24,32-33H,1H3. The third-order valence-electron chi connectivity index (χ3n) is 6.46. The highest BCUT2D eigenvalue weighted by Gasteiger charge is 2.32. The maximum absolute atomic E-state index is 13.4. The van der Waals surface area contributed by atoms with Gasteiger partial charge in [0.2, 0.25) is 0 Å². The van der Waals surface area contributed by atoms with Crippen molar-refractivity contribution >= 4 is 11.9 Å². The van der Waals surface area contributed by atoms with Crippen LogP contribution >= 0.6 is 0 Å².